The van der Waals surface area contributed by atoms with Crippen LogP contribution in [0.25, 0.3) is 10.4 Å². The van der Waals surface area contributed by atoms with Gasteiger partial charge in [-0.25, -0.2) is 12.8 Å². The van der Waals surface area contributed by atoms with Crippen LogP contribution >= 0.6 is 11.3 Å². The number of nitriles is 1. The molecule has 276 valence electrons. The Morgan fingerprint density at radius 2 is 1.55 bits per heavy atom. The van der Waals surface area contributed by atoms with Gasteiger partial charge in [0.1, 0.15) is 11.9 Å². The molecule has 0 radical (unpaired) electrons. The normalized spacial score (nSPS) is 15.0. The number of halogens is 7. The van der Waals surface area contributed by atoms with Crippen molar-refractivity contribution in [2.24, 2.45) is 5.92 Å². The molecule has 0 aliphatic carbocycles. The highest BCUT2D eigenvalue weighted by molar-refractivity contribution is 7.89. The van der Waals surface area contributed by atoms with Crippen LogP contribution in [0.2, 0.25) is 0 Å². The topological polar surface area (TPSA) is 111 Å². The van der Waals surface area contributed by atoms with Gasteiger partial charge in [-0.3, -0.25) is 19.2 Å². The number of thiophene rings is 1. The Bertz CT molecular complexity index is 1940. The molecular weight excluding hydrogens is 726 g/mol. The molecule has 1 aromatic heterocycles. The maximum absolute atomic E-state index is 14.2. The molecule has 3 aromatic rings. The number of anilines is 1. The largest absolute Gasteiger partial charge is 0.416 e. The van der Waals surface area contributed by atoms with E-state index in [2.05, 4.69) is 6.07 Å². The first kappa shape index (κ1) is 39.8. The zero-order valence-electron chi connectivity index (χ0n) is 28.2. The molecule has 0 unspecified atom stereocenters. The summed E-state index contributed by atoms with van der Waals surface area (Å²) in [6, 6.07) is 7.02. The fraction of sp³-hybridized carbons (Fsp3) is 0.441. The Balaban J connectivity index is 1.73. The maximum atomic E-state index is 14.2. The minimum absolute atomic E-state index is 0.0144. The number of nitrogens with one attached hydrogen (secondary N) is 1. The lowest BCUT2D eigenvalue weighted by Gasteiger charge is -2.32. The third kappa shape index (κ3) is 9.27. The summed E-state index contributed by atoms with van der Waals surface area (Å²) in [5.74, 6) is -2.14. The summed E-state index contributed by atoms with van der Waals surface area (Å²) in [4.78, 5) is 30.3. The SMILES string of the molecule is Cc1cc(F)ccc1-c1sc(CN2CCC(CC(=O)NS(C)(=O)=O)CC2)c(C#N)c1N(C)C(=O)C(C)(C)c1cc(C(F)(F)F)cc(C(F)(F)F)c1. The van der Waals surface area contributed by atoms with Crippen molar-refractivity contribution < 1.29 is 48.7 Å². The van der Waals surface area contributed by atoms with Crippen LogP contribution in [0.15, 0.2) is 36.4 Å². The zero-order chi connectivity index (χ0) is 38.3. The Morgan fingerprint density at radius 3 is 2.04 bits per heavy atom. The number of benzene rings is 2. The first-order valence-corrected chi connectivity index (χ1v) is 18.3. The number of piperidine rings is 1. The number of carbonyl (C=O) groups excluding carboxylic acids is 2. The molecule has 17 heteroatoms. The number of aryl methyl sites for hydroxylation is 1. The molecule has 4 rings (SSSR count). The van der Waals surface area contributed by atoms with E-state index < -0.39 is 62.1 Å². The molecule has 2 heterocycles. The van der Waals surface area contributed by atoms with Gasteiger partial charge in [0, 0.05) is 24.9 Å². The molecule has 1 fully saturated rings. The molecule has 1 N–H and O–H groups in total. The van der Waals surface area contributed by atoms with Crippen LogP contribution in [0.5, 0.6) is 0 Å². The van der Waals surface area contributed by atoms with E-state index in [0.29, 0.717) is 58.9 Å². The quantitative estimate of drug-likeness (QED) is 0.228. The number of nitrogens with zero attached hydrogens (tertiary/aromatic N) is 3. The van der Waals surface area contributed by atoms with Crippen LogP contribution in [-0.4, -0.2) is 51.5 Å². The second-order valence-electron chi connectivity index (χ2n) is 13.2. The molecule has 1 saturated heterocycles. The Labute approximate surface area is 294 Å². The summed E-state index contributed by atoms with van der Waals surface area (Å²) >= 11 is 1.15. The number of sulfonamides is 1. The van der Waals surface area contributed by atoms with Crippen molar-refractivity contribution >= 4 is 38.9 Å². The summed E-state index contributed by atoms with van der Waals surface area (Å²) in [5.41, 5.74) is -4.60. The fourth-order valence-electron chi connectivity index (χ4n) is 6.10. The van der Waals surface area contributed by atoms with Gasteiger partial charge in [-0.2, -0.15) is 31.6 Å². The molecule has 0 bridgehead atoms. The van der Waals surface area contributed by atoms with Crippen LogP contribution in [0.3, 0.4) is 0 Å². The summed E-state index contributed by atoms with van der Waals surface area (Å²) < 4.78 is 121. The van der Waals surface area contributed by atoms with Gasteiger partial charge < -0.3 is 4.90 Å². The van der Waals surface area contributed by atoms with Gasteiger partial charge in [0.05, 0.1) is 38.9 Å². The molecule has 0 atom stereocenters. The third-order valence-corrected chi connectivity index (χ3v) is 10.6. The number of carbonyl (C=O) groups is 2. The van der Waals surface area contributed by atoms with Crippen molar-refractivity contribution in [3.63, 3.8) is 0 Å². The Kier molecular flexibility index (Phi) is 11.3. The van der Waals surface area contributed by atoms with Gasteiger partial charge in [0.2, 0.25) is 21.8 Å². The number of alkyl halides is 6. The highest BCUT2D eigenvalue weighted by Gasteiger charge is 2.42. The first-order valence-electron chi connectivity index (χ1n) is 15.6. The van der Waals surface area contributed by atoms with Gasteiger partial charge in [-0.05, 0) is 99.6 Å². The molecule has 51 heavy (non-hydrogen) atoms. The Hall–Kier alpha value is -4.01. The second-order valence-corrected chi connectivity index (χ2v) is 16.0. The van der Waals surface area contributed by atoms with Gasteiger partial charge in [-0.1, -0.05) is 6.07 Å². The van der Waals surface area contributed by atoms with Crippen LogP contribution < -0.4 is 9.62 Å². The van der Waals surface area contributed by atoms with E-state index in [4.69, 9.17) is 0 Å². The van der Waals surface area contributed by atoms with Gasteiger partial charge in [0.15, 0.2) is 0 Å². The van der Waals surface area contributed by atoms with Gasteiger partial charge in [-0.15, -0.1) is 11.3 Å². The summed E-state index contributed by atoms with van der Waals surface area (Å²) in [6.07, 6.45) is -8.28. The van der Waals surface area contributed by atoms with E-state index in [9.17, 15) is 54.0 Å². The molecular formula is C34H35F7N4O4S2. The number of hydrogen-bond donors (Lipinski definition) is 1. The lowest BCUT2D eigenvalue weighted by molar-refractivity contribution is -0.143. The summed E-state index contributed by atoms with van der Waals surface area (Å²) in [7, 11) is -2.41. The van der Waals surface area contributed by atoms with E-state index in [1.165, 1.54) is 39.1 Å². The molecule has 2 amide bonds. The predicted octanol–water partition coefficient (Wildman–Crippen LogP) is 7.39. The standard InChI is InChI=1S/C34H35F7N4O4S2/c1-19-12-24(35)6-7-25(19)30-29(26(17-42)27(50-30)18-45-10-8-20(9-11-45)13-28(46)43-51(5,48)49)44(4)31(47)32(2,3)21-14-22(33(36,37)38)16-23(15-21)34(39,40)41/h6-7,12,14-16,20H,8-11,13,18H2,1-5H3,(H,43,46). The van der Waals surface area contributed by atoms with E-state index in [1.54, 1.807) is 6.92 Å². The van der Waals surface area contributed by atoms with E-state index in [-0.39, 0.29) is 36.2 Å². The van der Waals surface area contributed by atoms with Crippen molar-refractivity contribution in [2.45, 2.75) is 64.3 Å². The lowest BCUT2D eigenvalue weighted by Crippen LogP contribution is -2.42. The van der Waals surface area contributed by atoms with E-state index in [0.717, 1.165) is 22.5 Å². The van der Waals surface area contributed by atoms with Crippen molar-refractivity contribution in [1.82, 2.24) is 9.62 Å². The summed E-state index contributed by atoms with van der Waals surface area (Å²) in [5, 5.41) is 10.4. The second kappa shape index (κ2) is 14.5. The van der Waals surface area contributed by atoms with Crippen LogP contribution in [0.4, 0.5) is 36.4 Å². The van der Waals surface area contributed by atoms with Crippen molar-refractivity contribution in [3.8, 4) is 16.5 Å². The molecule has 0 saturated carbocycles. The monoisotopic (exact) mass is 760 g/mol. The maximum Gasteiger partial charge on any atom is 0.416 e. The van der Waals surface area contributed by atoms with Crippen LogP contribution in [-0.2, 0) is 43.9 Å². The highest BCUT2D eigenvalue weighted by Crippen LogP contribution is 2.46. The minimum Gasteiger partial charge on any atom is -0.312 e. The lowest BCUT2D eigenvalue weighted by atomic mass is 9.81. The van der Waals surface area contributed by atoms with Crippen LogP contribution in [0, 0.1) is 30.0 Å². The molecule has 2 aromatic carbocycles. The van der Waals surface area contributed by atoms with Crippen molar-refractivity contribution in [3.05, 3.63) is 74.9 Å². The number of hydrogen-bond acceptors (Lipinski definition) is 7. The average Bonchev–Trinajstić information content (AvgIpc) is 3.36. The first-order chi connectivity index (χ1) is 23.4. The van der Waals surface area contributed by atoms with Gasteiger partial charge >= 0.3 is 12.4 Å². The number of likely N-dealkylation sites (tertiary alicyclic amines) is 1. The Morgan fingerprint density at radius 1 is 1.00 bits per heavy atom. The highest BCUT2D eigenvalue weighted by atomic mass is 32.2. The molecule has 1 aliphatic heterocycles. The number of rotatable bonds is 9. The molecule has 1 aliphatic rings. The molecule has 0 spiro atoms. The minimum atomic E-state index is -5.14. The van der Waals surface area contributed by atoms with Crippen molar-refractivity contribution in [1.29, 1.82) is 5.26 Å². The third-order valence-electron chi connectivity index (χ3n) is 8.83. The smallest absolute Gasteiger partial charge is 0.312 e. The van der Waals surface area contributed by atoms with Gasteiger partial charge in [0.25, 0.3) is 0 Å². The molecule has 8 nitrogen and oxygen atoms in total. The van der Waals surface area contributed by atoms with E-state index >= 15 is 0 Å². The zero-order valence-corrected chi connectivity index (χ0v) is 29.9. The van der Waals surface area contributed by atoms with Crippen molar-refractivity contribution in [2.75, 3.05) is 31.3 Å². The summed E-state index contributed by atoms with van der Waals surface area (Å²) in [6.45, 7) is 5.20. The van der Waals surface area contributed by atoms with E-state index in [1.807, 2.05) is 9.62 Å². The fourth-order valence-corrected chi connectivity index (χ4v) is 8.01. The predicted molar refractivity (Wildman–Crippen MR) is 178 cm³/mol. The number of likely N-dealkylation sites (N-methyl/N-ethyl adjacent to an activating group) is 1. The number of amides is 2. The van der Waals surface area contributed by atoms with Crippen LogP contribution in [0.1, 0.15) is 65.8 Å². The average molecular weight is 761 g/mol.